The summed E-state index contributed by atoms with van der Waals surface area (Å²) in [5, 5.41) is 16.0. The molecular formula is C26H40N6O4. The van der Waals surface area contributed by atoms with Crippen molar-refractivity contribution < 1.29 is 19.4 Å². The lowest BCUT2D eigenvalue weighted by Crippen LogP contribution is -2.54. The number of anilines is 2. The van der Waals surface area contributed by atoms with Crippen LogP contribution < -0.4 is 15.8 Å². The molecule has 1 aliphatic rings. The number of hydrogen-bond donors (Lipinski definition) is 3. The van der Waals surface area contributed by atoms with Crippen LogP contribution in [-0.2, 0) is 0 Å². The maximum atomic E-state index is 13.4. The lowest BCUT2D eigenvalue weighted by molar-refractivity contribution is -0.0246. The molecule has 1 amide bonds. The number of methoxy groups -OCH3 is 1. The number of nitrogens with zero attached hydrogens (tertiary/aromatic N) is 4. The molecule has 198 valence electrons. The predicted molar refractivity (Wildman–Crippen MR) is 142 cm³/mol. The highest BCUT2D eigenvalue weighted by molar-refractivity contribution is 6.03. The largest absolute Gasteiger partial charge is 0.481 e. The summed E-state index contributed by atoms with van der Waals surface area (Å²) >= 11 is 0. The summed E-state index contributed by atoms with van der Waals surface area (Å²) in [6.07, 6.45) is 2.34. The van der Waals surface area contributed by atoms with E-state index in [1.807, 2.05) is 38.8 Å². The molecule has 0 bridgehead atoms. The lowest BCUT2D eigenvalue weighted by atomic mass is 10.0. The quantitative estimate of drug-likeness (QED) is 0.352. The maximum Gasteiger partial charge on any atom is 0.268 e. The SMILES string of the molecule is CC.COc1nccc(C)c1C(C)Nc1cc(C(=O)N(C)N2CCN(CCO)CC2)c(C=O)cc1N. The number of carbonyl (C=O) groups excluding carboxylic acids is 2. The molecule has 0 aliphatic carbocycles. The minimum absolute atomic E-state index is 0.113. The van der Waals surface area contributed by atoms with Gasteiger partial charge >= 0.3 is 0 Å². The van der Waals surface area contributed by atoms with Crippen molar-refractivity contribution in [3.05, 3.63) is 46.6 Å². The molecule has 1 aromatic carbocycles. The number of rotatable bonds is 9. The van der Waals surface area contributed by atoms with Crippen molar-refractivity contribution in [2.24, 2.45) is 0 Å². The molecule has 10 nitrogen and oxygen atoms in total. The molecule has 0 spiro atoms. The van der Waals surface area contributed by atoms with Crippen molar-refractivity contribution in [1.82, 2.24) is 19.9 Å². The first-order chi connectivity index (χ1) is 17.3. The Morgan fingerprint density at radius 1 is 1.31 bits per heavy atom. The highest BCUT2D eigenvalue weighted by Gasteiger charge is 2.26. The fraction of sp³-hybridized carbons (Fsp3) is 0.500. The van der Waals surface area contributed by atoms with Gasteiger partial charge in [0.1, 0.15) is 0 Å². The van der Waals surface area contributed by atoms with Crippen LogP contribution in [0.5, 0.6) is 5.88 Å². The Balaban J connectivity index is 0.00000222. The van der Waals surface area contributed by atoms with Crippen molar-refractivity contribution in [1.29, 1.82) is 0 Å². The average Bonchev–Trinajstić information content (AvgIpc) is 2.90. The standard InChI is InChI=1S/C24H34N6O4.C2H6/c1-16-5-6-26-23(34-4)22(16)17(2)27-21-14-19(18(15-32)13-20(21)25)24(33)28(3)30-9-7-29(8-10-30)11-12-31;1-2/h5-6,13-15,17,27,31H,7-12,25H2,1-4H3;1-2H3. The number of aliphatic hydroxyl groups is 1. The number of hydrogen-bond acceptors (Lipinski definition) is 9. The number of aldehydes is 1. The third-order valence-corrected chi connectivity index (χ3v) is 6.23. The van der Waals surface area contributed by atoms with E-state index < -0.39 is 0 Å². The Morgan fingerprint density at radius 2 is 1.97 bits per heavy atom. The number of nitrogens with one attached hydrogen (secondary N) is 1. The summed E-state index contributed by atoms with van der Waals surface area (Å²) < 4.78 is 5.42. The summed E-state index contributed by atoms with van der Waals surface area (Å²) in [6, 6.07) is 4.84. The summed E-state index contributed by atoms with van der Waals surface area (Å²) in [5.74, 6) is 0.225. The molecule has 10 heteroatoms. The van der Waals surface area contributed by atoms with Gasteiger partial charge in [0.2, 0.25) is 5.88 Å². The zero-order valence-electron chi connectivity index (χ0n) is 22.2. The zero-order valence-corrected chi connectivity index (χ0v) is 22.2. The Hall–Kier alpha value is -3.21. The first-order valence-corrected chi connectivity index (χ1v) is 12.3. The normalized spacial score (nSPS) is 14.9. The van der Waals surface area contributed by atoms with Crippen LogP contribution in [0.1, 0.15) is 58.7 Å². The molecule has 0 radical (unpaired) electrons. The minimum Gasteiger partial charge on any atom is -0.481 e. The van der Waals surface area contributed by atoms with Gasteiger partial charge in [0, 0.05) is 57.1 Å². The van der Waals surface area contributed by atoms with Crippen LogP contribution in [0.25, 0.3) is 0 Å². The van der Waals surface area contributed by atoms with Crippen molar-refractivity contribution in [3.63, 3.8) is 0 Å². The summed E-state index contributed by atoms with van der Waals surface area (Å²) in [7, 11) is 3.27. The van der Waals surface area contributed by atoms with E-state index in [2.05, 4.69) is 15.2 Å². The Kier molecular flexibility index (Phi) is 11.1. The third-order valence-electron chi connectivity index (χ3n) is 6.23. The van der Waals surface area contributed by atoms with Crippen LogP contribution in [0.3, 0.4) is 0 Å². The molecule has 1 atom stereocenters. The van der Waals surface area contributed by atoms with Gasteiger partial charge in [-0.1, -0.05) is 13.8 Å². The molecule has 2 aromatic rings. The number of hydrazine groups is 1. The van der Waals surface area contributed by atoms with Gasteiger partial charge in [-0.05, 0) is 37.6 Å². The minimum atomic E-state index is -0.288. The number of carbonyl (C=O) groups is 2. The number of aliphatic hydroxyl groups excluding tert-OH is 1. The number of aryl methyl sites for hydroxylation is 1. The highest BCUT2D eigenvalue weighted by Crippen LogP contribution is 2.32. The van der Waals surface area contributed by atoms with E-state index in [0.29, 0.717) is 43.2 Å². The summed E-state index contributed by atoms with van der Waals surface area (Å²) in [4.78, 5) is 31.6. The van der Waals surface area contributed by atoms with E-state index in [9.17, 15) is 9.59 Å². The molecule has 1 unspecified atom stereocenters. The number of nitrogens with two attached hydrogens (primary N) is 1. The average molecular weight is 501 g/mol. The van der Waals surface area contributed by atoms with Crippen LogP contribution in [0.4, 0.5) is 11.4 Å². The van der Waals surface area contributed by atoms with Crippen LogP contribution in [0, 0.1) is 6.92 Å². The van der Waals surface area contributed by atoms with E-state index in [0.717, 1.165) is 24.2 Å². The fourth-order valence-corrected chi connectivity index (χ4v) is 4.29. The molecule has 3 rings (SSSR count). The number of nitrogen functional groups attached to an aromatic ring is 1. The Morgan fingerprint density at radius 3 is 2.56 bits per heavy atom. The molecule has 1 saturated heterocycles. The number of ether oxygens (including phenoxy) is 1. The van der Waals surface area contributed by atoms with E-state index in [1.165, 1.54) is 6.07 Å². The van der Waals surface area contributed by atoms with Crippen molar-refractivity contribution in [2.75, 3.05) is 64.5 Å². The van der Waals surface area contributed by atoms with Gasteiger partial charge in [0.15, 0.2) is 6.29 Å². The molecule has 2 heterocycles. The fourth-order valence-electron chi connectivity index (χ4n) is 4.29. The van der Waals surface area contributed by atoms with Crippen molar-refractivity contribution in [2.45, 2.75) is 33.7 Å². The van der Waals surface area contributed by atoms with Crippen molar-refractivity contribution >= 4 is 23.6 Å². The van der Waals surface area contributed by atoms with Crippen LogP contribution in [-0.4, -0.2) is 90.7 Å². The molecule has 36 heavy (non-hydrogen) atoms. The molecule has 4 N–H and O–H groups in total. The smallest absolute Gasteiger partial charge is 0.268 e. The van der Waals surface area contributed by atoms with E-state index >= 15 is 0 Å². The van der Waals surface area contributed by atoms with Gasteiger partial charge in [-0.3, -0.25) is 19.5 Å². The van der Waals surface area contributed by atoms with Crippen molar-refractivity contribution in [3.8, 4) is 5.88 Å². The Labute approximate surface area is 214 Å². The molecule has 0 saturated carbocycles. The second-order valence-corrected chi connectivity index (χ2v) is 8.41. The van der Waals surface area contributed by atoms with Gasteiger partial charge < -0.3 is 20.9 Å². The molecular weight excluding hydrogens is 460 g/mol. The summed E-state index contributed by atoms with van der Waals surface area (Å²) in [6.45, 7) is 11.5. The summed E-state index contributed by atoms with van der Waals surface area (Å²) in [5.41, 5.74) is 9.55. The Bertz CT molecular complexity index is 1020. The predicted octanol–water partition coefficient (Wildman–Crippen LogP) is 2.59. The first kappa shape index (κ1) is 29.0. The molecule has 1 aliphatic heterocycles. The number of benzene rings is 1. The van der Waals surface area contributed by atoms with Gasteiger partial charge in [0.25, 0.3) is 5.91 Å². The second-order valence-electron chi connectivity index (χ2n) is 8.41. The molecule has 1 fully saturated rings. The highest BCUT2D eigenvalue weighted by atomic mass is 16.5. The van der Waals surface area contributed by atoms with Crippen LogP contribution >= 0.6 is 0 Å². The molecule has 1 aromatic heterocycles. The van der Waals surface area contributed by atoms with Crippen LogP contribution in [0.2, 0.25) is 0 Å². The number of pyridine rings is 1. The number of piperazine rings is 1. The number of β-amino-alcohol motifs (C(OH)–C–C–N with tert-alkyl or cyclic N) is 1. The number of aromatic nitrogens is 1. The maximum absolute atomic E-state index is 13.4. The zero-order chi connectivity index (χ0) is 26.8. The van der Waals surface area contributed by atoms with Gasteiger partial charge in [-0.25, -0.2) is 9.99 Å². The topological polar surface area (TPSA) is 124 Å². The lowest BCUT2D eigenvalue weighted by Gasteiger charge is -2.39. The third kappa shape index (κ3) is 6.71. The monoisotopic (exact) mass is 500 g/mol. The number of amides is 1. The van der Waals surface area contributed by atoms with E-state index in [-0.39, 0.29) is 29.7 Å². The van der Waals surface area contributed by atoms with Gasteiger partial charge in [-0.2, -0.15) is 0 Å². The van der Waals surface area contributed by atoms with Crippen LogP contribution in [0.15, 0.2) is 24.4 Å². The first-order valence-electron chi connectivity index (χ1n) is 12.3. The van der Waals surface area contributed by atoms with Gasteiger partial charge in [0.05, 0.1) is 36.7 Å². The second kappa shape index (κ2) is 13.8. The van der Waals surface area contributed by atoms with E-state index in [1.54, 1.807) is 31.4 Å². The van der Waals surface area contributed by atoms with E-state index in [4.69, 9.17) is 15.6 Å². The van der Waals surface area contributed by atoms with Gasteiger partial charge in [-0.15, -0.1) is 0 Å².